The first-order valence-corrected chi connectivity index (χ1v) is 8.47. The van der Waals surface area contributed by atoms with Crippen molar-refractivity contribution in [2.45, 2.75) is 32.1 Å². The van der Waals surface area contributed by atoms with Gasteiger partial charge in [0.05, 0.1) is 0 Å². The lowest BCUT2D eigenvalue weighted by atomic mass is 9.89. The predicted octanol–water partition coefficient (Wildman–Crippen LogP) is 3.50. The fourth-order valence-electron chi connectivity index (χ4n) is 3.80. The number of nitrogens with one attached hydrogen (secondary N) is 1. The Morgan fingerprint density at radius 3 is 2.45 bits per heavy atom. The van der Waals surface area contributed by atoms with Gasteiger partial charge in [-0.05, 0) is 87.8 Å². The number of hydrogen-bond donors (Lipinski definition) is 1. The number of hydrogen-bond acceptors (Lipinski definition) is 2. The van der Waals surface area contributed by atoms with E-state index in [2.05, 4.69) is 16.3 Å². The molecule has 0 radical (unpaired) electrons. The van der Waals surface area contributed by atoms with E-state index >= 15 is 0 Å². The van der Waals surface area contributed by atoms with Crippen LogP contribution in [0.3, 0.4) is 0 Å². The van der Waals surface area contributed by atoms with Crippen molar-refractivity contribution in [3.05, 3.63) is 35.6 Å². The van der Waals surface area contributed by atoms with Crippen LogP contribution in [0.5, 0.6) is 0 Å². The molecule has 0 aromatic heterocycles. The third-order valence-corrected chi connectivity index (χ3v) is 5.10. The zero-order valence-corrected chi connectivity index (χ0v) is 14.1. The molecule has 1 aromatic carbocycles. The van der Waals surface area contributed by atoms with Crippen molar-refractivity contribution in [2.24, 2.45) is 11.8 Å². The molecule has 1 N–H and O–H groups in total. The maximum Gasteiger partial charge on any atom is 0.123 e. The minimum atomic E-state index is -0.101. The summed E-state index contributed by atoms with van der Waals surface area (Å²) in [6.07, 6.45) is 6.24. The highest BCUT2D eigenvalue weighted by Gasteiger charge is 2.22. The lowest BCUT2D eigenvalue weighted by Gasteiger charge is -2.35. The van der Waals surface area contributed by atoms with Crippen molar-refractivity contribution < 1.29 is 4.39 Å². The largest absolute Gasteiger partial charge is 0.317 e. The maximum atomic E-state index is 13.2. The Labute approximate surface area is 139 Å². The smallest absolute Gasteiger partial charge is 0.123 e. The van der Waals surface area contributed by atoms with Crippen molar-refractivity contribution >= 4 is 12.4 Å². The topological polar surface area (TPSA) is 15.3 Å². The standard InChI is InChI=1S/C18H27FN2.ClH/c19-18-3-1-2-17(13-18)12-15-6-10-21(11-7-15)14-16-4-8-20-9-5-16;/h1-3,13,15-16,20H,4-12,14H2;1H. The summed E-state index contributed by atoms with van der Waals surface area (Å²) in [5.74, 6) is 1.53. The number of likely N-dealkylation sites (tertiary alicyclic amines) is 1. The molecule has 0 bridgehead atoms. The average Bonchev–Trinajstić information content (AvgIpc) is 2.50. The van der Waals surface area contributed by atoms with Crippen molar-refractivity contribution in [3.63, 3.8) is 0 Å². The fourth-order valence-corrected chi connectivity index (χ4v) is 3.80. The van der Waals surface area contributed by atoms with Crippen molar-refractivity contribution in [3.8, 4) is 0 Å². The Morgan fingerprint density at radius 1 is 1.05 bits per heavy atom. The number of rotatable bonds is 4. The molecule has 0 unspecified atom stereocenters. The quantitative estimate of drug-likeness (QED) is 0.911. The van der Waals surface area contributed by atoms with Gasteiger partial charge in [0, 0.05) is 6.54 Å². The van der Waals surface area contributed by atoms with Crippen LogP contribution in [0.15, 0.2) is 24.3 Å². The minimum Gasteiger partial charge on any atom is -0.317 e. The van der Waals surface area contributed by atoms with Crippen LogP contribution in [0.4, 0.5) is 4.39 Å². The monoisotopic (exact) mass is 326 g/mol. The highest BCUT2D eigenvalue weighted by molar-refractivity contribution is 5.85. The third-order valence-electron chi connectivity index (χ3n) is 5.10. The molecule has 4 heteroatoms. The Bertz CT molecular complexity index is 440. The van der Waals surface area contributed by atoms with E-state index in [4.69, 9.17) is 0 Å². The lowest BCUT2D eigenvalue weighted by molar-refractivity contribution is 0.148. The van der Waals surface area contributed by atoms with Gasteiger partial charge in [-0.15, -0.1) is 12.4 Å². The van der Waals surface area contributed by atoms with Gasteiger partial charge >= 0.3 is 0 Å². The van der Waals surface area contributed by atoms with Gasteiger partial charge in [0.1, 0.15) is 5.82 Å². The molecule has 2 heterocycles. The molecule has 0 atom stereocenters. The Balaban J connectivity index is 0.00000176. The highest BCUT2D eigenvalue weighted by Crippen LogP contribution is 2.24. The van der Waals surface area contributed by atoms with Crippen LogP contribution in [-0.2, 0) is 6.42 Å². The van der Waals surface area contributed by atoms with Crippen LogP contribution in [0.1, 0.15) is 31.2 Å². The number of halogens is 2. The predicted molar refractivity (Wildman–Crippen MR) is 92.1 cm³/mol. The molecule has 2 aliphatic heterocycles. The number of benzene rings is 1. The second-order valence-corrected chi connectivity index (χ2v) is 6.77. The molecule has 2 nitrogen and oxygen atoms in total. The first-order valence-electron chi connectivity index (χ1n) is 8.47. The van der Waals surface area contributed by atoms with E-state index in [-0.39, 0.29) is 18.2 Å². The van der Waals surface area contributed by atoms with E-state index in [1.165, 1.54) is 64.5 Å². The summed E-state index contributed by atoms with van der Waals surface area (Å²) in [6.45, 7) is 6.13. The maximum absolute atomic E-state index is 13.2. The van der Waals surface area contributed by atoms with Crippen molar-refractivity contribution in [2.75, 3.05) is 32.7 Å². The van der Waals surface area contributed by atoms with Crippen LogP contribution in [-0.4, -0.2) is 37.6 Å². The van der Waals surface area contributed by atoms with Crippen LogP contribution >= 0.6 is 12.4 Å². The molecule has 1 aromatic rings. The summed E-state index contributed by atoms with van der Waals surface area (Å²) in [7, 11) is 0. The number of nitrogens with zero attached hydrogens (tertiary/aromatic N) is 1. The van der Waals surface area contributed by atoms with Crippen LogP contribution in [0.25, 0.3) is 0 Å². The Morgan fingerprint density at radius 2 is 1.77 bits per heavy atom. The second-order valence-electron chi connectivity index (χ2n) is 6.77. The van der Waals surface area contributed by atoms with Gasteiger partial charge < -0.3 is 10.2 Å². The van der Waals surface area contributed by atoms with E-state index in [1.54, 1.807) is 6.07 Å². The average molecular weight is 327 g/mol. The zero-order chi connectivity index (χ0) is 14.5. The second kappa shape index (κ2) is 8.85. The zero-order valence-electron chi connectivity index (χ0n) is 13.3. The van der Waals surface area contributed by atoms with E-state index in [1.807, 2.05) is 6.07 Å². The first kappa shape index (κ1) is 17.7. The summed E-state index contributed by atoms with van der Waals surface area (Å²) in [6, 6.07) is 7.12. The summed E-state index contributed by atoms with van der Waals surface area (Å²) in [5.41, 5.74) is 1.16. The first-order chi connectivity index (χ1) is 10.3. The molecule has 0 spiro atoms. The molecule has 124 valence electrons. The SMILES string of the molecule is Cl.Fc1cccc(CC2CCN(CC3CCNCC3)CC2)c1. The molecule has 0 saturated carbocycles. The van der Waals surface area contributed by atoms with Gasteiger partial charge in [-0.3, -0.25) is 0 Å². The van der Waals surface area contributed by atoms with E-state index in [0.717, 1.165) is 23.8 Å². The van der Waals surface area contributed by atoms with E-state index in [9.17, 15) is 4.39 Å². The lowest BCUT2D eigenvalue weighted by Crippen LogP contribution is -2.40. The minimum absolute atomic E-state index is 0. The molecular formula is C18H28ClFN2. The van der Waals surface area contributed by atoms with Crippen LogP contribution < -0.4 is 5.32 Å². The summed E-state index contributed by atoms with van der Waals surface area (Å²) in [5, 5.41) is 3.44. The highest BCUT2D eigenvalue weighted by atomic mass is 35.5. The van der Waals surface area contributed by atoms with Gasteiger partial charge in [-0.1, -0.05) is 12.1 Å². The van der Waals surface area contributed by atoms with Gasteiger partial charge in [-0.2, -0.15) is 0 Å². The Hall–Kier alpha value is -0.640. The molecule has 0 aliphatic carbocycles. The van der Waals surface area contributed by atoms with Crippen LogP contribution in [0.2, 0.25) is 0 Å². The van der Waals surface area contributed by atoms with Gasteiger partial charge in [-0.25, -0.2) is 4.39 Å². The summed E-state index contributed by atoms with van der Waals surface area (Å²) >= 11 is 0. The molecular weight excluding hydrogens is 299 g/mol. The van der Waals surface area contributed by atoms with Gasteiger partial charge in [0.25, 0.3) is 0 Å². The molecule has 2 saturated heterocycles. The van der Waals surface area contributed by atoms with E-state index < -0.39 is 0 Å². The molecule has 22 heavy (non-hydrogen) atoms. The number of piperidine rings is 2. The van der Waals surface area contributed by atoms with Gasteiger partial charge in [0.2, 0.25) is 0 Å². The van der Waals surface area contributed by atoms with Crippen molar-refractivity contribution in [1.29, 1.82) is 0 Å². The van der Waals surface area contributed by atoms with Crippen molar-refractivity contribution in [1.82, 2.24) is 10.2 Å². The van der Waals surface area contributed by atoms with E-state index in [0.29, 0.717) is 0 Å². The molecule has 3 rings (SSSR count). The Kier molecular flexibility index (Phi) is 7.13. The molecule has 0 amide bonds. The normalized spacial score (nSPS) is 21.5. The van der Waals surface area contributed by atoms with Crippen LogP contribution in [0, 0.1) is 17.7 Å². The van der Waals surface area contributed by atoms with Gasteiger partial charge in [0.15, 0.2) is 0 Å². The summed E-state index contributed by atoms with van der Waals surface area (Å²) < 4.78 is 13.2. The third kappa shape index (κ3) is 5.22. The fraction of sp³-hybridized carbons (Fsp3) is 0.667. The molecule has 2 fully saturated rings. The summed E-state index contributed by atoms with van der Waals surface area (Å²) in [4.78, 5) is 2.65. The molecule has 2 aliphatic rings.